The van der Waals surface area contributed by atoms with Crippen LogP contribution in [0.25, 0.3) is 0 Å². The number of hydrogen-bond donors (Lipinski definition) is 0. The van der Waals surface area contributed by atoms with E-state index in [9.17, 15) is 10.1 Å². The monoisotopic (exact) mass is 409 g/mol. The number of amides is 1. The Hall–Kier alpha value is -3.05. The van der Waals surface area contributed by atoms with Crippen LogP contribution in [0, 0.1) is 18.3 Å². The number of oxazole rings is 1. The quantitative estimate of drug-likeness (QED) is 0.749. The van der Waals surface area contributed by atoms with Crippen LogP contribution in [-0.2, 0) is 4.79 Å². The standard InChI is InChI=1S/C22H27N5O3/c1-16-24-19(14-23)22(30-16)26-12-10-25(11-13-26)21(28)15-27-9-3-4-20(27)17-5-7-18(29-2)8-6-17/h5-8,20H,3-4,9-13,15H2,1-2H3. The number of carbonyl (C=O) groups is 1. The first-order valence-electron chi connectivity index (χ1n) is 10.4. The number of hydrogen-bond acceptors (Lipinski definition) is 7. The van der Waals surface area contributed by atoms with Crippen molar-refractivity contribution in [3.05, 3.63) is 41.4 Å². The van der Waals surface area contributed by atoms with Crippen molar-refractivity contribution in [2.45, 2.75) is 25.8 Å². The summed E-state index contributed by atoms with van der Waals surface area (Å²) in [4.78, 5) is 23.3. The third-order valence-electron chi connectivity index (χ3n) is 5.94. The number of piperazine rings is 1. The number of aromatic nitrogens is 1. The minimum absolute atomic E-state index is 0.157. The highest BCUT2D eigenvalue weighted by atomic mass is 16.5. The first-order chi connectivity index (χ1) is 14.6. The Morgan fingerprint density at radius 1 is 1.23 bits per heavy atom. The van der Waals surface area contributed by atoms with Gasteiger partial charge in [-0.1, -0.05) is 12.1 Å². The Kier molecular flexibility index (Phi) is 5.91. The van der Waals surface area contributed by atoms with Gasteiger partial charge in [0.2, 0.25) is 17.5 Å². The zero-order valence-corrected chi connectivity index (χ0v) is 17.5. The molecule has 8 nitrogen and oxygen atoms in total. The number of benzene rings is 1. The lowest BCUT2D eigenvalue weighted by molar-refractivity contribution is -0.133. The number of nitrogens with zero attached hydrogens (tertiary/aromatic N) is 5. The van der Waals surface area contributed by atoms with Crippen molar-refractivity contribution in [2.24, 2.45) is 0 Å². The SMILES string of the molecule is COc1ccc(C2CCCN2CC(=O)N2CCN(c3oc(C)nc3C#N)CC2)cc1. The molecule has 30 heavy (non-hydrogen) atoms. The Balaban J connectivity index is 1.34. The van der Waals surface area contributed by atoms with E-state index >= 15 is 0 Å². The van der Waals surface area contributed by atoms with E-state index in [1.165, 1.54) is 5.56 Å². The van der Waals surface area contributed by atoms with Crippen LogP contribution >= 0.6 is 0 Å². The van der Waals surface area contributed by atoms with Gasteiger partial charge in [0.1, 0.15) is 11.8 Å². The molecular formula is C22H27N5O3. The number of ether oxygens (including phenoxy) is 1. The van der Waals surface area contributed by atoms with Gasteiger partial charge in [-0.15, -0.1) is 0 Å². The lowest BCUT2D eigenvalue weighted by atomic mass is 10.0. The molecule has 2 saturated heterocycles. The van der Waals surface area contributed by atoms with Crippen LogP contribution in [0.3, 0.4) is 0 Å². The third-order valence-corrected chi connectivity index (χ3v) is 5.94. The van der Waals surface area contributed by atoms with E-state index in [0.29, 0.717) is 50.2 Å². The molecule has 0 radical (unpaired) electrons. The molecule has 1 atom stereocenters. The molecule has 0 spiro atoms. The molecule has 4 rings (SSSR count). The molecular weight excluding hydrogens is 382 g/mol. The largest absolute Gasteiger partial charge is 0.497 e. The van der Waals surface area contributed by atoms with Crippen molar-refractivity contribution in [2.75, 3.05) is 51.3 Å². The molecule has 2 aliphatic rings. The molecule has 2 aromatic rings. The lowest BCUT2D eigenvalue weighted by Gasteiger charge is -2.36. The van der Waals surface area contributed by atoms with Crippen LogP contribution < -0.4 is 9.64 Å². The molecule has 3 heterocycles. The van der Waals surface area contributed by atoms with E-state index in [1.807, 2.05) is 21.9 Å². The van der Waals surface area contributed by atoms with Gasteiger partial charge in [0.25, 0.3) is 0 Å². The number of anilines is 1. The van der Waals surface area contributed by atoms with Crippen molar-refractivity contribution in [1.82, 2.24) is 14.8 Å². The highest BCUT2D eigenvalue weighted by Crippen LogP contribution is 2.32. The van der Waals surface area contributed by atoms with E-state index in [0.717, 1.165) is 25.1 Å². The average molecular weight is 409 g/mol. The van der Waals surface area contributed by atoms with Crippen LogP contribution in [0.4, 0.5) is 5.88 Å². The van der Waals surface area contributed by atoms with Gasteiger partial charge in [-0.3, -0.25) is 9.69 Å². The zero-order valence-electron chi connectivity index (χ0n) is 17.5. The normalized spacial score (nSPS) is 19.7. The van der Waals surface area contributed by atoms with Gasteiger partial charge < -0.3 is 19.0 Å². The fourth-order valence-electron chi connectivity index (χ4n) is 4.36. The summed E-state index contributed by atoms with van der Waals surface area (Å²) in [6, 6.07) is 10.5. The molecule has 0 N–H and O–H groups in total. The minimum atomic E-state index is 0.157. The smallest absolute Gasteiger partial charge is 0.236 e. The maximum absolute atomic E-state index is 13.0. The fourth-order valence-corrected chi connectivity index (χ4v) is 4.36. The van der Waals surface area contributed by atoms with Gasteiger partial charge >= 0.3 is 0 Å². The second-order valence-corrected chi connectivity index (χ2v) is 7.77. The summed E-state index contributed by atoms with van der Waals surface area (Å²) in [5, 5.41) is 9.23. The van der Waals surface area contributed by atoms with E-state index < -0.39 is 0 Å². The average Bonchev–Trinajstić information content (AvgIpc) is 3.40. The molecule has 1 aromatic heterocycles. The van der Waals surface area contributed by atoms with Crippen LogP contribution in [0.2, 0.25) is 0 Å². The van der Waals surface area contributed by atoms with Gasteiger partial charge in [-0.25, -0.2) is 4.98 Å². The molecule has 1 unspecified atom stereocenters. The summed E-state index contributed by atoms with van der Waals surface area (Å²) in [6.07, 6.45) is 2.16. The summed E-state index contributed by atoms with van der Waals surface area (Å²) >= 11 is 0. The number of nitriles is 1. The van der Waals surface area contributed by atoms with Gasteiger partial charge in [0, 0.05) is 39.1 Å². The first-order valence-corrected chi connectivity index (χ1v) is 10.4. The Morgan fingerprint density at radius 2 is 1.97 bits per heavy atom. The molecule has 0 aliphatic carbocycles. The number of methoxy groups -OCH3 is 1. The topological polar surface area (TPSA) is 85.8 Å². The molecule has 2 fully saturated rings. The zero-order chi connectivity index (χ0) is 21.1. The van der Waals surface area contributed by atoms with Gasteiger partial charge in [0.05, 0.1) is 13.7 Å². The summed E-state index contributed by atoms with van der Waals surface area (Å²) in [6.45, 7) is 5.61. The van der Waals surface area contributed by atoms with E-state index in [2.05, 4.69) is 28.1 Å². The first kappa shape index (κ1) is 20.2. The molecule has 2 aliphatic heterocycles. The van der Waals surface area contributed by atoms with Crippen molar-refractivity contribution in [3.63, 3.8) is 0 Å². The fraction of sp³-hybridized carbons (Fsp3) is 0.500. The van der Waals surface area contributed by atoms with Gasteiger partial charge in [-0.05, 0) is 37.1 Å². The maximum Gasteiger partial charge on any atom is 0.236 e. The van der Waals surface area contributed by atoms with Crippen LogP contribution in [-0.4, -0.2) is 67.1 Å². The Bertz CT molecular complexity index is 925. The van der Waals surface area contributed by atoms with Crippen molar-refractivity contribution >= 4 is 11.8 Å². The second kappa shape index (κ2) is 8.76. The highest BCUT2D eigenvalue weighted by Gasteiger charge is 2.31. The third kappa shape index (κ3) is 4.12. The van der Waals surface area contributed by atoms with E-state index in [1.54, 1.807) is 14.0 Å². The predicted molar refractivity (Wildman–Crippen MR) is 111 cm³/mol. The van der Waals surface area contributed by atoms with Crippen molar-refractivity contribution in [3.8, 4) is 11.8 Å². The molecule has 8 heteroatoms. The van der Waals surface area contributed by atoms with Crippen LogP contribution in [0.1, 0.15) is 36.0 Å². The predicted octanol–water partition coefficient (Wildman–Crippen LogP) is 2.35. The summed E-state index contributed by atoms with van der Waals surface area (Å²) in [5.74, 6) is 2.00. The highest BCUT2D eigenvalue weighted by molar-refractivity contribution is 5.78. The molecule has 0 saturated carbocycles. The molecule has 1 amide bonds. The number of aryl methyl sites for hydroxylation is 1. The number of carbonyl (C=O) groups excluding carboxylic acids is 1. The maximum atomic E-state index is 13.0. The summed E-state index contributed by atoms with van der Waals surface area (Å²) < 4.78 is 10.9. The number of likely N-dealkylation sites (tertiary alicyclic amines) is 1. The molecule has 1 aromatic carbocycles. The van der Waals surface area contributed by atoms with E-state index in [-0.39, 0.29) is 11.9 Å². The second-order valence-electron chi connectivity index (χ2n) is 7.77. The minimum Gasteiger partial charge on any atom is -0.497 e. The van der Waals surface area contributed by atoms with Crippen LogP contribution in [0.5, 0.6) is 5.75 Å². The van der Waals surface area contributed by atoms with Gasteiger partial charge in [0.15, 0.2) is 5.89 Å². The van der Waals surface area contributed by atoms with E-state index in [4.69, 9.17) is 9.15 Å². The van der Waals surface area contributed by atoms with Crippen LogP contribution in [0.15, 0.2) is 28.7 Å². The van der Waals surface area contributed by atoms with Crippen molar-refractivity contribution < 1.29 is 13.9 Å². The summed E-state index contributed by atoms with van der Waals surface area (Å²) in [5.41, 5.74) is 1.54. The van der Waals surface area contributed by atoms with Gasteiger partial charge in [-0.2, -0.15) is 5.26 Å². The van der Waals surface area contributed by atoms with Crippen molar-refractivity contribution in [1.29, 1.82) is 5.26 Å². The number of rotatable bonds is 5. The molecule has 158 valence electrons. The Morgan fingerprint density at radius 3 is 2.63 bits per heavy atom. The molecule has 0 bridgehead atoms. The lowest BCUT2D eigenvalue weighted by Crippen LogP contribution is -2.51. The Labute approximate surface area is 176 Å². The summed E-state index contributed by atoms with van der Waals surface area (Å²) in [7, 11) is 1.67.